The number of rotatable bonds is 13. The molecule has 4 aliphatic carbocycles. The summed E-state index contributed by atoms with van der Waals surface area (Å²) in [5.74, 6) is -1.30. The topological polar surface area (TPSA) is 217 Å². The predicted octanol–water partition coefficient (Wildman–Crippen LogP) is 4.02. The number of ketones is 1. The first-order chi connectivity index (χ1) is 29.3. The maximum atomic E-state index is 14.2. The Balaban J connectivity index is 1.18. The Bertz CT molecular complexity index is 1800. The number of hydrogen-bond donors (Lipinski definition) is 5. The van der Waals surface area contributed by atoms with Gasteiger partial charge in [0, 0.05) is 24.7 Å². The molecular formula is C47H68O15. The van der Waals surface area contributed by atoms with Crippen LogP contribution in [-0.4, -0.2) is 131 Å². The molecule has 2 saturated heterocycles. The van der Waals surface area contributed by atoms with Gasteiger partial charge in [-0.15, -0.1) is 0 Å². The number of carbonyl (C=O) groups is 3. The number of aliphatic hydroxyl groups is 5. The summed E-state index contributed by atoms with van der Waals surface area (Å²) in [4.78, 5) is 40.3. The van der Waals surface area contributed by atoms with Crippen molar-refractivity contribution in [2.45, 2.75) is 166 Å². The van der Waals surface area contributed by atoms with Gasteiger partial charge in [-0.3, -0.25) is 9.59 Å². The monoisotopic (exact) mass is 872 g/mol. The Kier molecular flexibility index (Phi) is 14.0. The number of ether oxygens (including phenoxy) is 7. The molecule has 6 aliphatic rings. The van der Waals surface area contributed by atoms with Crippen molar-refractivity contribution in [2.75, 3.05) is 20.3 Å². The molecule has 5 fully saturated rings. The van der Waals surface area contributed by atoms with Crippen LogP contribution in [0.15, 0.2) is 35.9 Å². The second kappa shape index (κ2) is 18.5. The smallest absolute Gasteiger partial charge is 0.338 e. The molecule has 7 rings (SSSR count). The SMILES string of the molecule is COc1ccc(C(=O)O[C@H]2[C@H](O[C@@H]3[C@@H](OC(C)=O)[C@H](O[C@@H]4C[C@H]5[C@@H]6CC=C7C[C@@H](O)CC[C@]7(C)[C@H]6CC[C@]5(C)[C@@]4(O)[C@H](C)C(=O)CCC(C)C)OC[C@@H]3O)OC[C@@H](O)[C@@H]2O)cc1. The second-order valence-electron chi connectivity index (χ2n) is 19.7. The highest BCUT2D eigenvalue weighted by atomic mass is 16.8. The van der Waals surface area contributed by atoms with Gasteiger partial charge in [0.2, 0.25) is 0 Å². The van der Waals surface area contributed by atoms with Crippen molar-refractivity contribution >= 4 is 17.7 Å². The molecule has 1 aromatic rings. The molecule has 17 atom stereocenters. The zero-order valence-electron chi connectivity index (χ0n) is 37.1. The van der Waals surface area contributed by atoms with E-state index < -0.39 is 90.8 Å². The molecule has 3 saturated carbocycles. The van der Waals surface area contributed by atoms with Crippen LogP contribution in [0.1, 0.15) is 110 Å². The third-order valence-corrected chi connectivity index (χ3v) is 15.7. The minimum absolute atomic E-state index is 0.0591. The summed E-state index contributed by atoms with van der Waals surface area (Å²) in [6.07, 6.45) is -5.12. The number of benzene rings is 1. The molecule has 15 heteroatoms. The average Bonchev–Trinajstić information content (AvgIpc) is 3.47. The molecule has 5 N–H and O–H groups in total. The highest BCUT2D eigenvalue weighted by molar-refractivity contribution is 5.89. The summed E-state index contributed by atoms with van der Waals surface area (Å²) in [7, 11) is 1.48. The molecule has 0 unspecified atom stereocenters. The zero-order chi connectivity index (χ0) is 44.9. The third kappa shape index (κ3) is 8.62. The molecule has 15 nitrogen and oxygen atoms in total. The van der Waals surface area contributed by atoms with Gasteiger partial charge in [-0.1, -0.05) is 46.3 Å². The predicted molar refractivity (Wildman–Crippen MR) is 221 cm³/mol. The van der Waals surface area contributed by atoms with Crippen molar-refractivity contribution in [1.82, 2.24) is 0 Å². The van der Waals surface area contributed by atoms with Crippen LogP contribution in [0.4, 0.5) is 0 Å². The zero-order valence-corrected chi connectivity index (χ0v) is 37.1. The van der Waals surface area contributed by atoms with Crippen LogP contribution in [0.3, 0.4) is 0 Å². The fourth-order valence-electron chi connectivity index (χ4n) is 12.1. The molecule has 2 aliphatic heterocycles. The summed E-state index contributed by atoms with van der Waals surface area (Å²) < 4.78 is 41.7. The number of Topliss-reactive ketones (excluding diaryl/α,β-unsaturated/α-hetero) is 1. The number of fused-ring (bicyclic) bond motifs is 5. The maximum absolute atomic E-state index is 14.2. The average molecular weight is 873 g/mol. The lowest BCUT2D eigenvalue weighted by Crippen LogP contribution is -2.64. The number of allylic oxidation sites excluding steroid dienone is 1. The van der Waals surface area contributed by atoms with Crippen LogP contribution in [0.25, 0.3) is 0 Å². The van der Waals surface area contributed by atoms with Crippen molar-refractivity contribution in [3.05, 3.63) is 41.5 Å². The lowest BCUT2D eigenvalue weighted by molar-refractivity contribution is -0.345. The number of esters is 2. The Labute approximate surface area is 364 Å². The molecule has 0 amide bonds. The summed E-state index contributed by atoms with van der Waals surface area (Å²) in [6, 6.07) is 6.05. The van der Waals surface area contributed by atoms with Crippen LogP contribution in [0.2, 0.25) is 0 Å². The van der Waals surface area contributed by atoms with Gasteiger partial charge in [-0.2, -0.15) is 0 Å². The number of carbonyl (C=O) groups excluding carboxylic acids is 3. The van der Waals surface area contributed by atoms with Crippen molar-refractivity contribution in [2.24, 2.45) is 40.4 Å². The van der Waals surface area contributed by atoms with E-state index in [0.29, 0.717) is 37.4 Å². The van der Waals surface area contributed by atoms with E-state index in [2.05, 4.69) is 33.8 Å². The van der Waals surface area contributed by atoms with Gasteiger partial charge in [0.15, 0.2) is 24.8 Å². The Hall–Kier alpha value is -2.99. The van der Waals surface area contributed by atoms with E-state index in [1.54, 1.807) is 19.1 Å². The third-order valence-electron chi connectivity index (χ3n) is 15.7. The highest BCUT2D eigenvalue weighted by Gasteiger charge is 2.70. The summed E-state index contributed by atoms with van der Waals surface area (Å²) >= 11 is 0. The summed E-state index contributed by atoms with van der Waals surface area (Å²) in [5.41, 5.74) is -1.08. The molecule has 1 aromatic carbocycles. The van der Waals surface area contributed by atoms with E-state index in [0.717, 1.165) is 25.7 Å². The molecule has 0 radical (unpaired) electrons. The van der Waals surface area contributed by atoms with Gasteiger partial charge in [-0.05, 0) is 105 Å². The van der Waals surface area contributed by atoms with Gasteiger partial charge < -0.3 is 58.7 Å². The van der Waals surface area contributed by atoms with Crippen molar-refractivity contribution in [3.63, 3.8) is 0 Å². The first kappa shape index (κ1) is 47.0. The molecule has 0 aromatic heterocycles. The first-order valence-corrected chi connectivity index (χ1v) is 22.6. The number of methoxy groups -OCH3 is 1. The quantitative estimate of drug-likeness (QED) is 0.140. The van der Waals surface area contributed by atoms with Crippen molar-refractivity contribution < 1.29 is 73.1 Å². The molecule has 346 valence electrons. The molecular weight excluding hydrogens is 805 g/mol. The van der Waals surface area contributed by atoms with E-state index in [-0.39, 0.29) is 53.6 Å². The van der Waals surface area contributed by atoms with E-state index in [1.165, 1.54) is 31.7 Å². The Morgan fingerprint density at radius 3 is 2.19 bits per heavy atom. The van der Waals surface area contributed by atoms with Gasteiger partial charge in [0.25, 0.3) is 0 Å². The molecule has 0 spiro atoms. The first-order valence-electron chi connectivity index (χ1n) is 22.6. The van der Waals surface area contributed by atoms with Crippen LogP contribution in [-0.2, 0) is 38.0 Å². The Morgan fingerprint density at radius 2 is 1.53 bits per heavy atom. The van der Waals surface area contributed by atoms with Crippen LogP contribution >= 0.6 is 0 Å². The summed E-state index contributed by atoms with van der Waals surface area (Å²) in [6.45, 7) is 10.7. The van der Waals surface area contributed by atoms with Gasteiger partial charge >= 0.3 is 11.9 Å². The largest absolute Gasteiger partial charge is 0.497 e. The second-order valence-corrected chi connectivity index (χ2v) is 19.7. The molecule has 62 heavy (non-hydrogen) atoms. The highest BCUT2D eigenvalue weighted by Crippen LogP contribution is 2.69. The lowest BCUT2D eigenvalue weighted by Gasteiger charge is -2.59. The van der Waals surface area contributed by atoms with Gasteiger partial charge in [-0.25, -0.2) is 4.79 Å². The molecule has 2 heterocycles. The standard InChI is InChI=1S/C47H68O15/c1-24(2)8-15-34(50)25(3)47(55)37(21-33-31-14-11-28-20-29(49)16-18-45(28,5)32(31)17-19-46(33,47)6)60-44-41(59-26(4)48)39(36(52)23-58-44)62-43-40(38(53)35(51)22-57-43)61-42(54)27-9-12-30(56-7)13-10-27/h9-13,24-25,29,31-33,35-41,43-44,49,51-53,55H,8,14-23H2,1-7H3/t25-,29+,31-,32+,33+,35-,36+,37-,38+,39+,40-,41-,43+,44+,45+,46+,47-/m1/s1. The van der Waals surface area contributed by atoms with E-state index >= 15 is 0 Å². The number of aliphatic hydroxyl groups excluding tert-OH is 4. The lowest BCUT2D eigenvalue weighted by atomic mass is 9.46. The minimum atomic E-state index is -1.67. The fraction of sp³-hybridized carbons (Fsp3) is 0.766. The van der Waals surface area contributed by atoms with E-state index in [4.69, 9.17) is 33.2 Å². The van der Waals surface area contributed by atoms with Crippen molar-refractivity contribution in [1.29, 1.82) is 0 Å². The van der Waals surface area contributed by atoms with Crippen LogP contribution in [0.5, 0.6) is 5.75 Å². The number of hydrogen-bond acceptors (Lipinski definition) is 15. The van der Waals surface area contributed by atoms with Crippen LogP contribution < -0.4 is 4.74 Å². The van der Waals surface area contributed by atoms with Gasteiger partial charge in [0.1, 0.15) is 41.5 Å². The normalized spacial score (nSPS) is 42.1. The maximum Gasteiger partial charge on any atom is 0.338 e. The van der Waals surface area contributed by atoms with E-state index in [1.807, 2.05) is 0 Å². The summed E-state index contributed by atoms with van der Waals surface area (Å²) in [5, 5.41) is 57.1. The van der Waals surface area contributed by atoms with Crippen LogP contribution in [0, 0.1) is 40.4 Å². The minimum Gasteiger partial charge on any atom is -0.497 e. The van der Waals surface area contributed by atoms with Gasteiger partial charge in [0.05, 0.1) is 38.1 Å². The van der Waals surface area contributed by atoms with E-state index in [9.17, 15) is 39.9 Å². The van der Waals surface area contributed by atoms with Crippen molar-refractivity contribution in [3.8, 4) is 5.75 Å². The Morgan fingerprint density at radius 1 is 0.855 bits per heavy atom. The fourth-order valence-corrected chi connectivity index (χ4v) is 12.1. The molecule has 0 bridgehead atoms.